The van der Waals surface area contributed by atoms with Crippen LogP contribution in [-0.2, 0) is 13.0 Å². The maximum atomic E-state index is 13.7. The molecule has 0 saturated carbocycles. The largest absolute Gasteiger partial charge is 0.324 e. The summed E-state index contributed by atoms with van der Waals surface area (Å²) in [5, 5.41) is 0.449. The fourth-order valence-corrected chi connectivity index (χ4v) is 4.20. The van der Waals surface area contributed by atoms with Gasteiger partial charge in [-0.25, -0.2) is 4.98 Å². The Kier molecular flexibility index (Phi) is 5.64. The van der Waals surface area contributed by atoms with Gasteiger partial charge in [0.25, 0.3) is 0 Å². The van der Waals surface area contributed by atoms with Crippen LogP contribution >= 0.6 is 0 Å². The summed E-state index contributed by atoms with van der Waals surface area (Å²) in [7, 11) is 0. The zero-order valence-corrected chi connectivity index (χ0v) is 18.0. The van der Waals surface area contributed by atoms with Gasteiger partial charge in [0.1, 0.15) is 5.65 Å². The molecule has 3 aromatic carbocycles. The van der Waals surface area contributed by atoms with Crippen LogP contribution in [0.4, 0.5) is 0 Å². The SMILES string of the molecule is O=C(c1ccccc1)c1c(Cc2ccccc2)n(Cc2ccccc2)c2ncccc2c1=O. The van der Waals surface area contributed by atoms with Gasteiger partial charge in [-0.2, -0.15) is 0 Å². The van der Waals surface area contributed by atoms with Crippen molar-refractivity contribution in [3.05, 3.63) is 147 Å². The van der Waals surface area contributed by atoms with Gasteiger partial charge in [0.2, 0.25) is 5.43 Å². The molecule has 5 rings (SSSR count). The Labute approximate surface area is 191 Å². The van der Waals surface area contributed by atoms with Crippen LogP contribution in [0.1, 0.15) is 32.7 Å². The molecule has 0 spiro atoms. The van der Waals surface area contributed by atoms with Gasteiger partial charge in [0.05, 0.1) is 10.9 Å². The molecule has 0 saturated heterocycles. The predicted octanol–water partition coefficient (Wildman–Crippen LogP) is 5.27. The molecule has 0 fully saturated rings. The Hall–Kier alpha value is -4.31. The Bertz CT molecular complexity index is 1470. The summed E-state index contributed by atoms with van der Waals surface area (Å²) in [5.41, 5.74) is 3.79. The molecule has 33 heavy (non-hydrogen) atoms. The van der Waals surface area contributed by atoms with E-state index in [1.54, 1.807) is 30.5 Å². The average molecular weight is 431 g/mol. The number of hydrogen-bond donors (Lipinski definition) is 0. The van der Waals surface area contributed by atoms with Crippen molar-refractivity contribution >= 4 is 16.8 Å². The molecule has 0 amide bonds. The van der Waals surface area contributed by atoms with Crippen LogP contribution in [-0.4, -0.2) is 15.3 Å². The molecule has 4 nitrogen and oxygen atoms in total. The standard InChI is InChI=1S/C29H22N2O2/c32-27(23-15-8-3-9-16-23)26-25(19-21-11-4-1-5-12-21)31(20-22-13-6-2-7-14-22)29-24(28(26)33)17-10-18-30-29/h1-18H,19-20H2. The quantitative estimate of drug-likeness (QED) is 0.345. The number of carbonyl (C=O) groups excluding carboxylic acids is 1. The predicted molar refractivity (Wildman–Crippen MR) is 131 cm³/mol. The van der Waals surface area contributed by atoms with Crippen molar-refractivity contribution < 1.29 is 4.79 Å². The van der Waals surface area contributed by atoms with Crippen LogP contribution in [0.3, 0.4) is 0 Å². The zero-order valence-electron chi connectivity index (χ0n) is 18.0. The van der Waals surface area contributed by atoms with Crippen LogP contribution in [0.2, 0.25) is 0 Å². The molecule has 0 bridgehead atoms. The number of carbonyl (C=O) groups is 1. The fraction of sp³-hybridized carbons (Fsp3) is 0.0690. The second kappa shape index (κ2) is 9.05. The van der Waals surface area contributed by atoms with E-state index in [9.17, 15) is 9.59 Å². The molecule has 160 valence electrons. The summed E-state index contributed by atoms with van der Waals surface area (Å²) in [5.74, 6) is -0.265. The lowest BCUT2D eigenvalue weighted by Gasteiger charge is -2.20. The highest BCUT2D eigenvalue weighted by Gasteiger charge is 2.24. The van der Waals surface area contributed by atoms with Gasteiger partial charge >= 0.3 is 0 Å². The molecule has 4 heteroatoms. The van der Waals surface area contributed by atoms with Crippen molar-refractivity contribution in [3.8, 4) is 0 Å². The smallest absolute Gasteiger partial charge is 0.202 e. The van der Waals surface area contributed by atoms with Gasteiger partial charge in [-0.15, -0.1) is 0 Å². The van der Waals surface area contributed by atoms with E-state index < -0.39 is 0 Å². The molecular formula is C29H22N2O2. The van der Waals surface area contributed by atoms with Gasteiger partial charge in [0, 0.05) is 30.4 Å². The van der Waals surface area contributed by atoms with E-state index in [1.165, 1.54) is 0 Å². The molecule has 0 atom stereocenters. The van der Waals surface area contributed by atoms with Gasteiger partial charge < -0.3 is 4.57 Å². The first kappa shape index (κ1) is 20.6. The molecule has 5 aromatic rings. The van der Waals surface area contributed by atoms with Crippen molar-refractivity contribution in [2.24, 2.45) is 0 Å². The molecule has 0 aliphatic carbocycles. The topological polar surface area (TPSA) is 52.0 Å². The molecule has 2 heterocycles. The number of pyridine rings is 2. The van der Waals surface area contributed by atoms with Crippen molar-refractivity contribution in [2.75, 3.05) is 0 Å². The zero-order chi connectivity index (χ0) is 22.6. The van der Waals surface area contributed by atoms with E-state index in [0.717, 1.165) is 11.1 Å². The Morgan fingerprint density at radius 2 is 1.33 bits per heavy atom. The molecule has 0 aliphatic heterocycles. The molecule has 0 unspecified atom stereocenters. The van der Waals surface area contributed by atoms with E-state index in [0.29, 0.717) is 35.3 Å². The summed E-state index contributed by atoms with van der Waals surface area (Å²) in [6.45, 7) is 0.506. The summed E-state index contributed by atoms with van der Waals surface area (Å²) in [6, 6.07) is 32.4. The lowest BCUT2D eigenvalue weighted by atomic mass is 9.95. The van der Waals surface area contributed by atoms with Crippen LogP contribution in [0.15, 0.2) is 114 Å². The number of benzene rings is 3. The van der Waals surface area contributed by atoms with Gasteiger partial charge in [-0.05, 0) is 23.3 Å². The number of hydrogen-bond acceptors (Lipinski definition) is 3. The first-order valence-electron chi connectivity index (χ1n) is 10.9. The van der Waals surface area contributed by atoms with Crippen molar-refractivity contribution in [2.45, 2.75) is 13.0 Å². The van der Waals surface area contributed by atoms with Crippen molar-refractivity contribution in [3.63, 3.8) is 0 Å². The van der Waals surface area contributed by atoms with E-state index >= 15 is 0 Å². The highest BCUT2D eigenvalue weighted by Crippen LogP contribution is 2.22. The second-order valence-corrected chi connectivity index (χ2v) is 7.95. The molecular weight excluding hydrogens is 408 g/mol. The maximum absolute atomic E-state index is 13.7. The number of nitrogens with zero attached hydrogens (tertiary/aromatic N) is 2. The monoisotopic (exact) mass is 430 g/mol. The Morgan fingerprint density at radius 1 is 0.727 bits per heavy atom. The minimum Gasteiger partial charge on any atom is -0.324 e. The molecule has 0 N–H and O–H groups in total. The first-order valence-corrected chi connectivity index (χ1v) is 10.9. The molecule has 0 radical (unpaired) electrons. The maximum Gasteiger partial charge on any atom is 0.202 e. The molecule has 0 aliphatic rings. The Balaban J connectivity index is 1.81. The van der Waals surface area contributed by atoms with Crippen LogP contribution < -0.4 is 5.43 Å². The lowest BCUT2D eigenvalue weighted by molar-refractivity contribution is 0.103. The summed E-state index contributed by atoms with van der Waals surface area (Å²) >= 11 is 0. The van der Waals surface area contributed by atoms with Crippen molar-refractivity contribution in [1.29, 1.82) is 0 Å². The highest BCUT2D eigenvalue weighted by atomic mass is 16.1. The van der Waals surface area contributed by atoms with E-state index in [1.807, 2.05) is 83.4 Å². The average Bonchev–Trinajstić information content (AvgIpc) is 2.88. The summed E-state index contributed by atoms with van der Waals surface area (Å²) < 4.78 is 2.02. The summed E-state index contributed by atoms with van der Waals surface area (Å²) in [4.78, 5) is 31.9. The summed E-state index contributed by atoms with van der Waals surface area (Å²) in [6.07, 6.45) is 2.14. The van der Waals surface area contributed by atoms with Gasteiger partial charge in [0.15, 0.2) is 5.78 Å². The van der Waals surface area contributed by atoms with Crippen LogP contribution in [0, 0.1) is 0 Å². The van der Waals surface area contributed by atoms with E-state index in [-0.39, 0.29) is 16.8 Å². The van der Waals surface area contributed by atoms with Crippen LogP contribution in [0.5, 0.6) is 0 Å². The number of rotatable bonds is 6. The first-order chi connectivity index (χ1) is 16.2. The molecule has 2 aromatic heterocycles. The van der Waals surface area contributed by atoms with E-state index in [4.69, 9.17) is 0 Å². The van der Waals surface area contributed by atoms with Gasteiger partial charge in [-0.3, -0.25) is 9.59 Å². The minimum atomic E-state index is -0.276. The fourth-order valence-electron chi connectivity index (χ4n) is 4.20. The lowest BCUT2D eigenvalue weighted by Crippen LogP contribution is -2.26. The van der Waals surface area contributed by atoms with Crippen LogP contribution in [0.25, 0.3) is 11.0 Å². The van der Waals surface area contributed by atoms with Gasteiger partial charge in [-0.1, -0.05) is 91.0 Å². The number of ketones is 1. The Morgan fingerprint density at radius 3 is 2.00 bits per heavy atom. The normalized spacial score (nSPS) is 10.9. The minimum absolute atomic E-state index is 0.210. The number of fused-ring (bicyclic) bond motifs is 1. The number of aromatic nitrogens is 2. The third-order valence-electron chi connectivity index (χ3n) is 5.79. The second-order valence-electron chi connectivity index (χ2n) is 7.95. The highest BCUT2D eigenvalue weighted by molar-refractivity contribution is 6.11. The van der Waals surface area contributed by atoms with Crippen molar-refractivity contribution in [1.82, 2.24) is 9.55 Å². The third-order valence-corrected chi connectivity index (χ3v) is 5.79. The van der Waals surface area contributed by atoms with E-state index in [2.05, 4.69) is 4.98 Å². The third kappa shape index (κ3) is 4.11.